The van der Waals surface area contributed by atoms with Crippen LogP contribution >= 0.6 is 0 Å². The molecule has 0 N–H and O–H groups in total. The minimum atomic E-state index is -0.252. The van der Waals surface area contributed by atoms with Crippen molar-refractivity contribution in [2.24, 2.45) is 16.8 Å². The van der Waals surface area contributed by atoms with Gasteiger partial charge in [0.1, 0.15) is 0 Å². The normalized spacial score (nSPS) is 14.4. The first kappa shape index (κ1) is 11.4. The van der Waals surface area contributed by atoms with Gasteiger partial charge in [0.2, 0.25) is 0 Å². The Bertz CT molecular complexity index is 254. The lowest BCUT2D eigenvalue weighted by molar-refractivity contribution is 0.493. The van der Waals surface area contributed by atoms with Crippen molar-refractivity contribution >= 4 is 6.21 Å². The number of hydrogen-bond acceptors (Lipinski definition) is 3. The Morgan fingerprint density at radius 1 is 1.54 bits per heavy atom. The van der Waals surface area contributed by atoms with Crippen molar-refractivity contribution in [1.82, 2.24) is 0 Å². The molecule has 2 atom stereocenters. The second kappa shape index (κ2) is 7.06. The summed E-state index contributed by atoms with van der Waals surface area (Å²) >= 11 is 0. The van der Waals surface area contributed by atoms with Gasteiger partial charge in [0.15, 0.2) is 0 Å². The molecular weight excluding hydrogens is 162 g/mol. The smallest absolute Gasteiger partial charge is 0.0700 e. The van der Waals surface area contributed by atoms with Gasteiger partial charge in [-0.25, -0.2) is 0 Å². The fraction of sp³-hybridized carbons (Fsp3) is 0.500. The molecule has 0 spiro atoms. The molecule has 0 aliphatic carbocycles. The topological polar surface area (TPSA) is 59.9 Å². The second-order valence-corrected chi connectivity index (χ2v) is 2.69. The molecule has 2 unspecified atom stereocenters. The second-order valence-electron chi connectivity index (χ2n) is 2.69. The molecule has 0 saturated heterocycles. The summed E-state index contributed by atoms with van der Waals surface area (Å²) in [4.78, 5) is 3.83. The molecule has 3 heteroatoms. The van der Waals surface area contributed by atoms with E-state index in [9.17, 15) is 0 Å². The summed E-state index contributed by atoms with van der Waals surface area (Å²) in [6.45, 7) is 3.57. The third-order valence-electron chi connectivity index (χ3n) is 1.86. The number of nitriles is 2. The standard InChI is InChI=1S/C10H13N3/c1-3-9(8-12)10(4-6-11)5-7-13-2/h3,7,9-10H,1,4-5H2,2H3. The van der Waals surface area contributed by atoms with Gasteiger partial charge in [-0.2, -0.15) is 10.5 Å². The summed E-state index contributed by atoms with van der Waals surface area (Å²) in [5.74, 6) is -0.228. The summed E-state index contributed by atoms with van der Waals surface area (Å²) < 4.78 is 0. The quantitative estimate of drug-likeness (QED) is 0.473. The Morgan fingerprint density at radius 3 is 2.62 bits per heavy atom. The maximum absolute atomic E-state index is 8.75. The van der Waals surface area contributed by atoms with E-state index in [0.717, 1.165) is 0 Å². The Balaban J connectivity index is 4.32. The summed E-state index contributed by atoms with van der Waals surface area (Å²) in [7, 11) is 1.68. The number of rotatable bonds is 5. The van der Waals surface area contributed by atoms with Crippen molar-refractivity contribution in [2.75, 3.05) is 7.05 Å². The molecule has 0 saturated carbocycles. The number of nitrogens with zero attached hydrogens (tertiary/aromatic N) is 3. The Labute approximate surface area is 79.0 Å². The van der Waals surface area contributed by atoms with Crippen molar-refractivity contribution in [3.8, 4) is 12.1 Å². The minimum absolute atomic E-state index is 0.0243. The molecule has 0 amide bonds. The number of hydrogen-bond donors (Lipinski definition) is 0. The molecule has 0 fully saturated rings. The lowest BCUT2D eigenvalue weighted by Gasteiger charge is -2.12. The average molecular weight is 175 g/mol. The van der Waals surface area contributed by atoms with Crippen LogP contribution in [-0.4, -0.2) is 13.3 Å². The van der Waals surface area contributed by atoms with E-state index < -0.39 is 0 Å². The molecule has 0 aromatic heterocycles. The van der Waals surface area contributed by atoms with Crippen LogP contribution in [0.1, 0.15) is 12.8 Å². The summed E-state index contributed by atoms with van der Waals surface area (Å²) in [5.41, 5.74) is 0. The van der Waals surface area contributed by atoms with Crippen molar-refractivity contribution in [2.45, 2.75) is 12.8 Å². The van der Waals surface area contributed by atoms with Crippen LogP contribution < -0.4 is 0 Å². The lowest BCUT2D eigenvalue weighted by Crippen LogP contribution is -2.10. The Kier molecular flexibility index (Phi) is 6.19. The van der Waals surface area contributed by atoms with Crippen molar-refractivity contribution in [1.29, 1.82) is 10.5 Å². The molecule has 0 radical (unpaired) electrons. The predicted molar refractivity (Wildman–Crippen MR) is 52.1 cm³/mol. The summed E-state index contributed by atoms with van der Waals surface area (Å²) in [6, 6.07) is 4.18. The lowest BCUT2D eigenvalue weighted by atomic mass is 9.89. The molecular formula is C10H13N3. The zero-order valence-corrected chi connectivity index (χ0v) is 7.77. The van der Waals surface area contributed by atoms with Crippen LogP contribution in [-0.2, 0) is 0 Å². The zero-order chi connectivity index (χ0) is 10.1. The third-order valence-corrected chi connectivity index (χ3v) is 1.86. The van der Waals surface area contributed by atoms with Gasteiger partial charge < -0.3 is 4.99 Å². The minimum Gasteiger partial charge on any atom is -0.301 e. The maximum Gasteiger partial charge on any atom is 0.0700 e. The molecule has 0 aliphatic heterocycles. The van der Waals surface area contributed by atoms with Gasteiger partial charge in [-0.15, -0.1) is 6.58 Å². The van der Waals surface area contributed by atoms with E-state index in [1.165, 1.54) is 0 Å². The molecule has 3 nitrogen and oxygen atoms in total. The monoisotopic (exact) mass is 175 g/mol. The molecule has 0 heterocycles. The van der Waals surface area contributed by atoms with Gasteiger partial charge in [0.25, 0.3) is 0 Å². The number of aliphatic imine (C=N–C) groups is 1. The van der Waals surface area contributed by atoms with E-state index in [-0.39, 0.29) is 11.8 Å². The first-order chi connectivity index (χ1) is 6.29. The van der Waals surface area contributed by atoms with Crippen LogP contribution in [0.2, 0.25) is 0 Å². The highest BCUT2D eigenvalue weighted by Crippen LogP contribution is 2.18. The van der Waals surface area contributed by atoms with Gasteiger partial charge in [-0.3, -0.25) is 0 Å². The number of allylic oxidation sites excluding steroid dienone is 1. The van der Waals surface area contributed by atoms with Crippen LogP contribution in [0.15, 0.2) is 17.6 Å². The van der Waals surface area contributed by atoms with E-state index in [4.69, 9.17) is 10.5 Å². The first-order valence-corrected chi connectivity index (χ1v) is 4.09. The van der Waals surface area contributed by atoms with Gasteiger partial charge in [0.05, 0.1) is 18.1 Å². The summed E-state index contributed by atoms with van der Waals surface area (Å²) in [5, 5.41) is 17.3. The van der Waals surface area contributed by atoms with Crippen LogP contribution in [0.5, 0.6) is 0 Å². The van der Waals surface area contributed by atoms with E-state index in [2.05, 4.69) is 23.7 Å². The van der Waals surface area contributed by atoms with Crippen LogP contribution in [0.4, 0.5) is 0 Å². The van der Waals surface area contributed by atoms with Gasteiger partial charge in [0, 0.05) is 13.5 Å². The highest BCUT2D eigenvalue weighted by Gasteiger charge is 2.16. The van der Waals surface area contributed by atoms with Crippen molar-refractivity contribution < 1.29 is 0 Å². The zero-order valence-electron chi connectivity index (χ0n) is 7.77. The van der Waals surface area contributed by atoms with Crippen LogP contribution in [0, 0.1) is 34.5 Å². The van der Waals surface area contributed by atoms with Gasteiger partial charge in [-0.1, -0.05) is 6.08 Å². The Morgan fingerprint density at radius 2 is 2.23 bits per heavy atom. The molecule has 0 rings (SSSR count). The fourth-order valence-electron chi connectivity index (χ4n) is 1.07. The highest BCUT2D eigenvalue weighted by molar-refractivity contribution is 5.57. The molecule has 0 aromatic rings. The maximum atomic E-state index is 8.75. The average Bonchev–Trinajstić information content (AvgIpc) is 2.16. The van der Waals surface area contributed by atoms with Crippen LogP contribution in [0.25, 0.3) is 0 Å². The molecule has 68 valence electrons. The molecule has 13 heavy (non-hydrogen) atoms. The highest BCUT2D eigenvalue weighted by atomic mass is 14.6. The molecule has 0 aliphatic rings. The van der Waals surface area contributed by atoms with E-state index >= 15 is 0 Å². The fourth-order valence-corrected chi connectivity index (χ4v) is 1.07. The van der Waals surface area contributed by atoms with Gasteiger partial charge in [-0.05, 0) is 18.6 Å². The van der Waals surface area contributed by atoms with E-state index in [1.54, 1.807) is 19.3 Å². The van der Waals surface area contributed by atoms with Gasteiger partial charge >= 0.3 is 0 Å². The molecule has 0 aromatic carbocycles. The largest absolute Gasteiger partial charge is 0.301 e. The third kappa shape index (κ3) is 4.08. The summed E-state index contributed by atoms with van der Waals surface area (Å²) in [6.07, 6.45) is 4.35. The molecule has 0 bridgehead atoms. The predicted octanol–water partition coefficient (Wildman–Crippen LogP) is 1.93. The van der Waals surface area contributed by atoms with E-state index in [1.807, 2.05) is 0 Å². The van der Waals surface area contributed by atoms with Crippen LogP contribution in [0.3, 0.4) is 0 Å². The van der Waals surface area contributed by atoms with E-state index in [0.29, 0.717) is 12.8 Å². The first-order valence-electron chi connectivity index (χ1n) is 4.09. The van der Waals surface area contributed by atoms with Crippen molar-refractivity contribution in [3.63, 3.8) is 0 Å². The van der Waals surface area contributed by atoms with Crippen molar-refractivity contribution in [3.05, 3.63) is 12.7 Å². The Hall–Kier alpha value is -1.61. The SMILES string of the molecule is C=CC(C#N)C(CC#N)CC=NC.